The summed E-state index contributed by atoms with van der Waals surface area (Å²) < 4.78 is 1.74. The summed E-state index contributed by atoms with van der Waals surface area (Å²) >= 11 is 0. The van der Waals surface area contributed by atoms with Crippen LogP contribution >= 0.6 is 0 Å². The molecule has 1 spiro atoms. The molecule has 8 heteroatoms. The minimum absolute atomic E-state index is 0.0473. The first kappa shape index (κ1) is 20.2. The molecule has 2 N–H and O–H groups in total. The van der Waals surface area contributed by atoms with Crippen molar-refractivity contribution < 1.29 is 4.79 Å². The van der Waals surface area contributed by atoms with Gasteiger partial charge < -0.3 is 15.5 Å². The molecule has 0 radical (unpaired) electrons. The Balaban J connectivity index is 1.47. The zero-order valence-corrected chi connectivity index (χ0v) is 18.4. The number of carbonyl (C=O) groups excluding carboxylic acids is 1. The Morgan fingerprint density at radius 1 is 1.22 bits per heavy atom. The monoisotopic (exact) mass is 429 g/mol. The molecule has 4 heterocycles. The van der Waals surface area contributed by atoms with Crippen LogP contribution in [-0.2, 0) is 13.6 Å². The Bertz CT molecular complexity index is 1150. The number of nitrogens with zero attached hydrogens (tertiary/aromatic N) is 5. The molecule has 8 nitrogen and oxygen atoms in total. The van der Waals surface area contributed by atoms with E-state index in [1.54, 1.807) is 10.9 Å². The summed E-state index contributed by atoms with van der Waals surface area (Å²) in [5.74, 6) is 1.53. The van der Waals surface area contributed by atoms with Gasteiger partial charge in [-0.1, -0.05) is 30.3 Å². The summed E-state index contributed by atoms with van der Waals surface area (Å²) in [6, 6.07) is 15.9. The lowest BCUT2D eigenvalue weighted by Gasteiger charge is -2.46. The van der Waals surface area contributed by atoms with E-state index >= 15 is 0 Å². The normalized spacial score (nSPS) is 21.2. The number of pyridine rings is 1. The van der Waals surface area contributed by atoms with Crippen LogP contribution < -0.4 is 10.6 Å². The first-order valence-corrected chi connectivity index (χ1v) is 10.9. The number of rotatable bonds is 3. The molecule has 1 saturated heterocycles. The van der Waals surface area contributed by atoms with Gasteiger partial charge in [0.2, 0.25) is 0 Å². The van der Waals surface area contributed by atoms with Crippen molar-refractivity contribution in [2.24, 2.45) is 12.0 Å². The van der Waals surface area contributed by atoms with Crippen molar-refractivity contribution in [2.75, 3.05) is 23.7 Å². The Morgan fingerprint density at radius 2 is 2.06 bits per heavy atom. The van der Waals surface area contributed by atoms with Gasteiger partial charge in [0.15, 0.2) is 11.5 Å². The van der Waals surface area contributed by atoms with Crippen LogP contribution in [0.4, 0.5) is 11.5 Å². The number of piperidine rings is 1. The van der Waals surface area contributed by atoms with E-state index in [4.69, 9.17) is 4.99 Å². The number of aliphatic imine (C=N–C) groups is 1. The lowest BCUT2D eigenvalue weighted by Crippen LogP contribution is -2.62. The smallest absolute Gasteiger partial charge is 0.274 e. The number of likely N-dealkylation sites (tertiary alicyclic amines) is 1. The van der Waals surface area contributed by atoms with E-state index in [0.717, 1.165) is 41.4 Å². The second kappa shape index (κ2) is 8.11. The average molecular weight is 430 g/mol. The van der Waals surface area contributed by atoms with Gasteiger partial charge in [-0.3, -0.25) is 14.5 Å². The van der Waals surface area contributed by atoms with Gasteiger partial charge in [-0.2, -0.15) is 5.10 Å². The van der Waals surface area contributed by atoms with Gasteiger partial charge in [0.05, 0.1) is 18.8 Å². The molecule has 32 heavy (non-hydrogen) atoms. The van der Waals surface area contributed by atoms with Crippen LogP contribution in [0.3, 0.4) is 0 Å². The molecule has 1 aromatic carbocycles. The third kappa shape index (κ3) is 3.72. The number of carbonyl (C=O) groups is 1. The van der Waals surface area contributed by atoms with Crippen LogP contribution in [0.5, 0.6) is 0 Å². The van der Waals surface area contributed by atoms with Gasteiger partial charge in [0, 0.05) is 25.5 Å². The zero-order valence-electron chi connectivity index (χ0n) is 18.4. The summed E-state index contributed by atoms with van der Waals surface area (Å²) in [4.78, 5) is 24.6. The van der Waals surface area contributed by atoms with Crippen LogP contribution in [0.2, 0.25) is 0 Å². The molecule has 2 aliphatic rings. The molecule has 2 aromatic heterocycles. The van der Waals surface area contributed by atoms with Gasteiger partial charge in [-0.25, -0.2) is 4.98 Å². The molecule has 1 amide bonds. The van der Waals surface area contributed by atoms with Crippen molar-refractivity contribution in [3.05, 3.63) is 71.7 Å². The Morgan fingerprint density at radius 3 is 2.84 bits per heavy atom. The van der Waals surface area contributed by atoms with Crippen molar-refractivity contribution in [1.82, 2.24) is 19.7 Å². The number of aryl methyl sites for hydroxylation is 2. The predicted octanol–water partition coefficient (Wildman–Crippen LogP) is 3.23. The molecule has 0 aliphatic carbocycles. The molecule has 164 valence electrons. The third-order valence-corrected chi connectivity index (χ3v) is 6.25. The zero-order chi connectivity index (χ0) is 22.1. The van der Waals surface area contributed by atoms with Crippen LogP contribution in [0.25, 0.3) is 0 Å². The number of hydrogen-bond donors (Lipinski definition) is 2. The number of hydrogen-bond acceptors (Lipinski definition) is 5. The van der Waals surface area contributed by atoms with Crippen molar-refractivity contribution in [1.29, 1.82) is 0 Å². The van der Waals surface area contributed by atoms with Crippen molar-refractivity contribution in [2.45, 2.75) is 31.8 Å². The summed E-state index contributed by atoms with van der Waals surface area (Å²) in [6.07, 6.45) is 3.50. The fourth-order valence-corrected chi connectivity index (χ4v) is 4.45. The number of fused-ring (bicyclic) bond motifs is 1. The lowest BCUT2D eigenvalue weighted by molar-refractivity contribution is 0.0687. The summed E-state index contributed by atoms with van der Waals surface area (Å²) in [6.45, 7) is 3.72. The van der Waals surface area contributed by atoms with E-state index in [2.05, 4.69) is 32.8 Å². The topological polar surface area (TPSA) is 87.4 Å². The highest BCUT2D eigenvalue weighted by Gasteiger charge is 2.45. The van der Waals surface area contributed by atoms with Gasteiger partial charge in [-0.05, 0) is 43.5 Å². The number of amidine groups is 1. The molecule has 1 fully saturated rings. The van der Waals surface area contributed by atoms with Gasteiger partial charge in [0.25, 0.3) is 5.91 Å². The quantitative estimate of drug-likeness (QED) is 0.667. The summed E-state index contributed by atoms with van der Waals surface area (Å²) in [5, 5.41) is 11.5. The molecule has 1 atom stereocenters. The van der Waals surface area contributed by atoms with Gasteiger partial charge >= 0.3 is 0 Å². The van der Waals surface area contributed by atoms with Crippen molar-refractivity contribution in [3.63, 3.8) is 0 Å². The second-order valence-electron chi connectivity index (χ2n) is 8.51. The second-order valence-corrected chi connectivity index (χ2v) is 8.51. The maximum Gasteiger partial charge on any atom is 0.274 e. The Hall–Kier alpha value is -3.68. The molecular weight excluding hydrogens is 402 g/mol. The van der Waals surface area contributed by atoms with Gasteiger partial charge in [0.1, 0.15) is 11.4 Å². The maximum atomic E-state index is 13.3. The predicted molar refractivity (Wildman–Crippen MR) is 125 cm³/mol. The van der Waals surface area contributed by atoms with E-state index < -0.39 is 5.54 Å². The fourth-order valence-electron chi connectivity index (χ4n) is 4.45. The minimum atomic E-state index is -0.497. The SMILES string of the molecule is Cc1cc(C(=O)N2CCC[C@]3(C2)Nc2cccnc2NC3=NCc2ccccc2)nn1C. The van der Waals surface area contributed by atoms with E-state index in [1.165, 1.54) is 0 Å². The van der Waals surface area contributed by atoms with Crippen LogP contribution in [0, 0.1) is 6.92 Å². The molecule has 0 bridgehead atoms. The highest BCUT2D eigenvalue weighted by Crippen LogP contribution is 2.35. The number of aromatic nitrogens is 3. The Kier molecular flexibility index (Phi) is 5.13. The molecular formula is C24H27N7O. The minimum Gasteiger partial charge on any atom is -0.368 e. The number of nitrogens with one attached hydrogen (secondary N) is 2. The molecule has 0 saturated carbocycles. The number of amides is 1. The van der Waals surface area contributed by atoms with Crippen LogP contribution in [0.1, 0.15) is 34.6 Å². The first-order chi connectivity index (χ1) is 15.5. The van der Waals surface area contributed by atoms with Gasteiger partial charge in [-0.15, -0.1) is 0 Å². The van der Waals surface area contributed by atoms with Crippen molar-refractivity contribution in [3.8, 4) is 0 Å². The highest BCUT2D eigenvalue weighted by atomic mass is 16.2. The molecule has 5 rings (SSSR count). The number of anilines is 2. The van der Waals surface area contributed by atoms with E-state index in [9.17, 15) is 4.79 Å². The summed E-state index contributed by atoms with van der Waals surface area (Å²) in [7, 11) is 1.86. The van der Waals surface area contributed by atoms with E-state index in [-0.39, 0.29) is 5.91 Å². The van der Waals surface area contributed by atoms with Crippen molar-refractivity contribution >= 4 is 23.2 Å². The highest BCUT2D eigenvalue weighted by molar-refractivity contribution is 6.09. The third-order valence-electron chi connectivity index (χ3n) is 6.25. The molecule has 0 unspecified atom stereocenters. The molecule has 3 aromatic rings. The summed E-state index contributed by atoms with van der Waals surface area (Å²) in [5.41, 5.74) is 3.01. The standard InChI is InChI=1S/C24H27N7O/c1-17-14-20(29-30(17)2)22(32)31-13-7-11-24(16-31)23(26-15-18-8-4-3-5-9-18)27-21-19(28-24)10-6-12-25-21/h3-6,8-10,12,14,28H,7,11,13,15-16H2,1-2H3,(H,25,26,27)/t24-/m1/s1. The maximum absolute atomic E-state index is 13.3. The van der Waals surface area contributed by atoms with Crippen LogP contribution in [0.15, 0.2) is 59.7 Å². The van der Waals surface area contributed by atoms with E-state index in [1.807, 2.05) is 55.3 Å². The Labute approximate surface area is 187 Å². The first-order valence-electron chi connectivity index (χ1n) is 10.9. The average Bonchev–Trinajstić information content (AvgIpc) is 3.16. The largest absolute Gasteiger partial charge is 0.368 e. The fraction of sp³-hybridized carbons (Fsp3) is 0.333. The van der Waals surface area contributed by atoms with E-state index in [0.29, 0.717) is 25.3 Å². The number of benzene rings is 1. The lowest BCUT2D eigenvalue weighted by atomic mass is 9.85. The van der Waals surface area contributed by atoms with Crippen LogP contribution in [-0.4, -0.2) is 50.0 Å². The molecule has 2 aliphatic heterocycles.